The van der Waals surface area contributed by atoms with Crippen molar-refractivity contribution in [3.05, 3.63) is 59.5 Å². The molecule has 3 rings (SSSR count). The number of aliphatic hydroxyl groups excluding tert-OH is 1. The summed E-state index contributed by atoms with van der Waals surface area (Å²) in [6.07, 6.45) is 2.30. The molecule has 0 radical (unpaired) electrons. The predicted octanol–water partition coefficient (Wildman–Crippen LogP) is 4.07. The molecule has 100 valence electrons. The third-order valence-electron chi connectivity index (χ3n) is 4.00. The Kier molecular flexibility index (Phi) is 3.43. The molecule has 0 saturated heterocycles. The monoisotopic (exact) mass is 256 g/mol. The molecule has 1 saturated carbocycles. The fraction of sp³-hybridized carbons (Fsp3) is 0.412. The van der Waals surface area contributed by atoms with Gasteiger partial charge in [0.2, 0.25) is 0 Å². The maximum Gasteiger partial charge on any atom is 0.132 e. The number of aliphatic hydroxyl groups is 1. The molecule has 1 aliphatic carbocycles. The van der Waals surface area contributed by atoms with Crippen LogP contribution in [0.2, 0.25) is 0 Å². The van der Waals surface area contributed by atoms with E-state index in [-0.39, 0.29) is 0 Å². The summed E-state index contributed by atoms with van der Waals surface area (Å²) < 4.78 is 5.78. The van der Waals surface area contributed by atoms with E-state index in [2.05, 4.69) is 19.1 Å². The van der Waals surface area contributed by atoms with Gasteiger partial charge < -0.3 is 9.52 Å². The van der Waals surface area contributed by atoms with Crippen LogP contribution in [0.15, 0.2) is 46.9 Å². The summed E-state index contributed by atoms with van der Waals surface area (Å²) in [6.45, 7) is 2.23. The molecule has 1 fully saturated rings. The van der Waals surface area contributed by atoms with Gasteiger partial charge in [0, 0.05) is 5.92 Å². The lowest BCUT2D eigenvalue weighted by atomic mass is 10.1. The average Bonchev–Trinajstić information content (AvgIpc) is 2.98. The molecule has 1 heterocycles. The van der Waals surface area contributed by atoms with E-state index in [4.69, 9.17) is 4.42 Å². The molecule has 0 spiro atoms. The van der Waals surface area contributed by atoms with E-state index in [1.165, 1.54) is 12.0 Å². The van der Waals surface area contributed by atoms with Crippen LogP contribution in [-0.4, -0.2) is 5.11 Å². The zero-order valence-corrected chi connectivity index (χ0v) is 11.3. The van der Waals surface area contributed by atoms with Crippen molar-refractivity contribution in [2.75, 3.05) is 0 Å². The molecule has 1 N–H and O–H groups in total. The van der Waals surface area contributed by atoms with Crippen molar-refractivity contribution < 1.29 is 9.52 Å². The molecular weight excluding hydrogens is 236 g/mol. The van der Waals surface area contributed by atoms with Crippen molar-refractivity contribution >= 4 is 0 Å². The summed E-state index contributed by atoms with van der Waals surface area (Å²) >= 11 is 0. The van der Waals surface area contributed by atoms with Gasteiger partial charge in [-0.25, -0.2) is 0 Å². The van der Waals surface area contributed by atoms with Crippen LogP contribution in [0.4, 0.5) is 0 Å². The fourth-order valence-corrected chi connectivity index (χ4v) is 2.56. The predicted molar refractivity (Wildman–Crippen MR) is 75.0 cm³/mol. The first-order valence-electron chi connectivity index (χ1n) is 7.05. The van der Waals surface area contributed by atoms with E-state index in [9.17, 15) is 5.11 Å². The average molecular weight is 256 g/mol. The van der Waals surface area contributed by atoms with Crippen LogP contribution >= 0.6 is 0 Å². The lowest BCUT2D eigenvalue weighted by Gasteiger charge is -2.07. The largest absolute Gasteiger partial charge is 0.463 e. The van der Waals surface area contributed by atoms with Crippen LogP contribution in [0.5, 0.6) is 0 Å². The number of hydrogen-bond acceptors (Lipinski definition) is 2. The van der Waals surface area contributed by atoms with Crippen molar-refractivity contribution in [1.29, 1.82) is 0 Å². The summed E-state index contributed by atoms with van der Waals surface area (Å²) in [6, 6.07) is 14.2. The number of aryl methyl sites for hydroxylation is 1. The Balaban J connectivity index is 1.58. The minimum Gasteiger partial charge on any atom is -0.463 e. The lowest BCUT2D eigenvalue weighted by molar-refractivity contribution is 0.138. The van der Waals surface area contributed by atoms with Crippen LogP contribution < -0.4 is 0 Å². The molecule has 3 unspecified atom stereocenters. The minimum atomic E-state index is -0.497. The molecule has 1 aliphatic rings. The molecule has 2 nitrogen and oxygen atoms in total. The van der Waals surface area contributed by atoms with E-state index in [0.717, 1.165) is 18.1 Å². The summed E-state index contributed by atoms with van der Waals surface area (Å²) in [5.74, 6) is 3.07. The number of furan rings is 1. The van der Waals surface area contributed by atoms with Gasteiger partial charge in [0.1, 0.15) is 17.6 Å². The Bertz CT molecular complexity index is 529. The van der Waals surface area contributed by atoms with Gasteiger partial charge in [-0.2, -0.15) is 0 Å². The smallest absolute Gasteiger partial charge is 0.132 e. The maximum absolute atomic E-state index is 10.2. The Morgan fingerprint density at radius 1 is 1.21 bits per heavy atom. The molecule has 0 bridgehead atoms. The van der Waals surface area contributed by atoms with Gasteiger partial charge in [0.15, 0.2) is 0 Å². The Labute approximate surface area is 114 Å². The Hall–Kier alpha value is -1.54. The highest BCUT2D eigenvalue weighted by molar-refractivity contribution is 5.19. The number of rotatable bonds is 5. The minimum absolute atomic E-state index is 0.497. The van der Waals surface area contributed by atoms with Gasteiger partial charge in [-0.3, -0.25) is 0 Å². The first kappa shape index (κ1) is 12.5. The van der Waals surface area contributed by atoms with Crippen LogP contribution in [0.1, 0.15) is 48.9 Å². The normalized spacial score (nSPS) is 23.3. The summed E-state index contributed by atoms with van der Waals surface area (Å²) in [5, 5.41) is 10.2. The second-order valence-electron chi connectivity index (χ2n) is 5.60. The zero-order chi connectivity index (χ0) is 13.2. The molecule has 2 heteroatoms. The van der Waals surface area contributed by atoms with Crippen molar-refractivity contribution in [2.24, 2.45) is 5.92 Å². The Morgan fingerprint density at radius 2 is 1.95 bits per heavy atom. The van der Waals surface area contributed by atoms with E-state index in [1.54, 1.807) is 0 Å². The van der Waals surface area contributed by atoms with Crippen LogP contribution in [0.25, 0.3) is 0 Å². The van der Waals surface area contributed by atoms with Crippen LogP contribution in [0, 0.1) is 5.92 Å². The Morgan fingerprint density at radius 3 is 2.63 bits per heavy atom. The SMILES string of the molecule is CC1CC1c1ccc(C(O)CCc2ccccc2)o1. The quantitative estimate of drug-likeness (QED) is 0.874. The second-order valence-corrected chi connectivity index (χ2v) is 5.60. The van der Waals surface area contributed by atoms with Crippen LogP contribution in [0.3, 0.4) is 0 Å². The van der Waals surface area contributed by atoms with E-state index in [1.807, 2.05) is 30.3 Å². The highest BCUT2D eigenvalue weighted by Crippen LogP contribution is 2.47. The topological polar surface area (TPSA) is 33.4 Å². The van der Waals surface area contributed by atoms with Gasteiger partial charge in [-0.15, -0.1) is 0 Å². The van der Waals surface area contributed by atoms with Gasteiger partial charge in [-0.1, -0.05) is 37.3 Å². The summed E-state index contributed by atoms with van der Waals surface area (Å²) in [4.78, 5) is 0. The first-order chi connectivity index (χ1) is 9.24. The highest BCUT2D eigenvalue weighted by atomic mass is 16.4. The van der Waals surface area contributed by atoms with E-state index in [0.29, 0.717) is 18.1 Å². The summed E-state index contributed by atoms with van der Waals surface area (Å²) in [5.41, 5.74) is 1.25. The maximum atomic E-state index is 10.2. The molecule has 3 atom stereocenters. The van der Waals surface area contributed by atoms with Crippen molar-refractivity contribution in [3.8, 4) is 0 Å². The van der Waals surface area contributed by atoms with Crippen molar-refractivity contribution in [1.82, 2.24) is 0 Å². The van der Waals surface area contributed by atoms with Gasteiger partial charge >= 0.3 is 0 Å². The third-order valence-corrected chi connectivity index (χ3v) is 4.00. The first-order valence-corrected chi connectivity index (χ1v) is 7.05. The molecular formula is C17H20O2. The molecule has 0 aliphatic heterocycles. The number of hydrogen-bond donors (Lipinski definition) is 1. The lowest BCUT2D eigenvalue weighted by Crippen LogP contribution is -1.98. The number of benzene rings is 1. The second kappa shape index (κ2) is 5.22. The molecule has 2 aromatic rings. The van der Waals surface area contributed by atoms with Crippen molar-refractivity contribution in [2.45, 2.75) is 38.2 Å². The standard InChI is InChI=1S/C17H20O2/c1-12-11-14(12)16-9-10-17(19-16)15(18)8-7-13-5-3-2-4-6-13/h2-6,9-10,12,14-15,18H,7-8,11H2,1H3. The van der Waals surface area contributed by atoms with Crippen LogP contribution in [-0.2, 0) is 6.42 Å². The fourth-order valence-electron chi connectivity index (χ4n) is 2.56. The third kappa shape index (κ3) is 2.90. The highest BCUT2D eigenvalue weighted by Gasteiger charge is 2.36. The molecule has 19 heavy (non-hydrogen) atoms. The zero-order valence-electron chi connectivity index (χ0n) is 11.3. The van der Waals surface area contributed by atoms with Gasteiger partial charge in [0.05, 0.1) is 0 Å². The summed E-state index contributed by atoms with van der Waals surface area (Å²) in [7, 11) is 0. The molecule has 0 amide bonds. The molecule has 1 aromatic carbocycles. The van der Waals surface area contributed by atoms with Gasteiger partial charge in [-0.05, 0) is 42.9 Å². The van der Waals surface area contributed by atoms with E-state index >= 15 is 0 Å². The van der Waals surface area contributed by atoms with Gasteiger partial charge in [0.25, 0.3) is 0 Å². The molecule has 1 aromatic heterocycles. The van der Waals surface area contributed by atoms with Crippen molar-refractivity contribution in [3.63, 3.8) is 0 Å². The van der Waals surface area contributed by atoms with E-state index < -0.39 is 6.10 Å².